The number of carbonyl (C=O) groups excluding carboxylic acids is 1. The zero-order valence-corrected chi connectivity index (χ0v) is 15.7. The highest BCUT2D eigenvalue weighted by molar-refractivity contribution is 7.99. The van der Waals surface area contributed by atoms with Gasteiger partial charge in [0.05, 0.1) is 35.5 Å². The molecule has 3 saturated heterocycles. The van der Waals surface area contributed by atoms with E-state index in [0.29, 0.717) is 16.4 Å². The fourth-order valence-corrected chi connectivity index (χ4v) is 4.98. The van der Waals surface area contributed by atoms with Gasteiger partial charge in [-0.3, -0.25) is 14.9 Å². The van der Waals surface area contributed by atoms with E-state index < -0.39 is 4.92 Å². The van der Waals surface area contributed by atoms with E-state index in [4.69, 9.17) is 0 Å². The molecule has 2 bridgehead atoms. The Morgan fingerprint density at radius 1 is 1.15 bits per heavy atom. The molecule has 1 atom stereocenters. The largest absolute Gasteiger partial charge is 0.343 e. The number of hydrogen-bond donors (Lipinski definition) is 2. The first-order valence-corrected chi connectivity index (χ1v) is 10.1. The first-order chi connectivity index (χ1) is 13.1. The van der Waals surface area contributed by atoms with Crippen molar-refractivity contribution in [3.8, 4) is 0 Å². The van der Waals surface area contributed by atoms with Crippen LogP contribution in [0.1, 0.15) is 23.2 Å². The summed E-state index contributed by atoms with van der Waals surface area (Å²) in [6.07, 6.45) is 2.29. The van der Waals surface area contributed by atoms with E-state index in [1.54, 1.807) is 17.0 Å². The van der Waals surface area contributed by atoms with Crippen molar-refractivity contribution in [3.05, 3.63) is 64.2 Å². The number of benzene rings is 2. The molecule has 2 aromatic carbocycles. The van der Waals surface area contributed by atoms with E-state index in [1.165, 1.54) is 30.9 Å². The Morgan fingerprint density at radius 2 is 1.89 bits per heavy atom. The predicted octanol–water partition coefficient (Wildman–Crippen LogP) is 2.15. The second kappa shape index (κ2) is 7.70. The lowest BCUT2D eigenvalue weighted by Gasteiger charge is -2.42. The third-order valence-corrected chi connectivity index (χ3v) is 6.59. The molecule has 140 valence electrons. The Labute approximate surface area is 162 Å². The second-order valence-corrected chi connectivity index (χ2v) is 8.34. The summed E-state index contributed by atoms with van der Waals surface area (Å²) in [5, 5.41) is 14.7. The number of nitrogens with one attached hydrogen (secondary N) is 2. The summed E-state index contributed by atoms with van der Waals surface area (Å²) in [7, 11) is 0. The van der Waals surface area contributed by atoms with Crippen molar-refractivity contribution >= 4 is 23.4 Å². The molecule has 3 heterocycles. The Kier molecular flexibility index (Phi) is 5.13. The molecule has 1 amide bonds. The Bertz CT molecular complexity index is 851. The van der Waals surface area contributed by atoms with Gasteiger partial charge in [-0.2, -0.15) is 0 Å². The molecule has 0 saturated carbocycles. The molecule has 0 unspecified atom stereocenters. The maximum Gasteiger partial charge on any atom is 0.284 e. The van der Waals surface area contributed by atoms with Crippen molar-refractivity contribution in [3.63, 3.8) is 0 Å². The zero-order valence-electron chi connectivity index (χ0n) is 14.9. The minimum absolute atomic E-state index is 0.0314. The first kappa shape index (κ1) is 18.0. The van der Waals surface area contributed by atoms with Gasteiger partial charge >= 0.3 is 0 Å². The zero-order chi connectivity index (χ0) is 18.8. The topological polar surface area (TPSA) is 76.7 Å². The minimum Gasteiger partial charge on any atom is -0.343 e. The average molecular weight is 384 g/mol. The van der Waals surface area contributed by atoms with Gasteiger partial charge in [-0.15, -0.1) is 0 Å². The van der Waals surface area contributed by atoms with E-state index in [0.717, 1.165) is 24.3 Å². The molecule has 7 heteroatoms. The maximum atomic E-state index is 12.7. The molecular formula is C20H22N3O3S+. The number of nitro benzene ring substituents is 1. The minimum atomic E-state index is -0.416. The monoisotopic (exact) mass is 384 g/mol. The number of hydrogen-bond acceptors (Lipinski definition) is 4. The van der Waals surface area contributed by atoms with Crippen LogP contribution >= 0.6 is 11.8 Å². The lowest BCUT2D eigenvalue weighted by Crippen LogP contribution is -3.17. The van der Waals surface area contributed by atoms with Crippen LogP contribution < -0.4 is 10.2 Å². The number of rotatable bonds is 5. The van der Waals surface area contributed by atoms with Crippen LogP contribution in [0.4, 0.5) is 5.69 Å². The van der Waals surface area contributed by atoms with Gasteiger partial charge in [0.1, 0.15) is 0 Å². The van der Waals surface area contributed by atoms with Gasteiger partial charge < -0.3 is 10.2 Å². The van der Waals surface area contributed by atoms with Crippen molar-refractivity contribution in [2.45, 2.75) is 28.7 Å². The molecule has 0 spiro atoms. The molecule has 3 fully saturated rings. The Hall–Kier alpha value is -2.38. The van der Waals surface area contributed by atoms with Crippen molar-refractivity contribution in [1.29, 1.82) is 0 Å². The summed E-state index contributed by atoms with van der Waals surface area (Å²) >= 11 is 1.33. The van der Waals surface area contributed by atoms with Crippen LogP contribution in [-0.2, 0) is 0 Å². The summed E-state index contributed by atoms with van der Waals surface area (Å²) in [5.74, 6) is 0.321. The Balaban J connectivity index is 1.52. The second-order valence-electron chi connectivity index (χ2n) is 7.23. The lowest BCUT2D eigenvalue weighted by atomic mass is 9.84. The molecule has 3 aliphatic heterocycles. The maximum absolute atomic E-state index is 12.7. The highest BCUT2D eigenvalue weighted by Gasteiger charge is 2.38. The number of fused-ring (bicyclic) bond motifs is 3. The number of carbonyl (C=O) groups is 1. The van der Waals surface area contributed by atoms with Gasteiger partial charge in [0, 0.05) is 29.4 Å². The highest BCUT2D eigenvalue weighted by Crippen LogP contribution is 2.35. The molecule has 0 aromatic heterocycles. The number of nitro groups is 1. The summed E-state index contributed by atoms with van der Waals surface area (Å²) in [6.45, 7) is 3.34. The SMILES string of the molecule is O=C(N[C@H]1C[NH+]2CCC1CC2)c1ccc(Sc2ccccc2)c([N+](=O)[O-])c1. The van der Waals surface area contributed by atoms with E-state index in [1.807, 2.05) is 30.3 Å². The third-order valence-electron chi connectivity index (χ3n) is 5.52. The third kappa shape index (κ3) is 3.99. The smallest absolute Gasteiger partial charge is 0.284 e. The van der Waals surface area contributed by atoms with Crippen LogP contribution in [0.25, 0.3) is 0 Å². The van der Waals surface area contributed by atoms with Gasteiger partial charge in [0.15, 0.2) is 0 Å². The molecule has 6 nitrogen and oxygen atoms in total. The number of piperidine rings is 3. The number of nitrogens with zero attached hydrogens (tertiary/aromatic N) is 1. The summed E-state index contributed by atoms with van der Waals surface area (Å²) in [5.41, 5.74) is 0.321. The molecule has 5 rings (SSSR count). The fraction of sp³-hybridized carbons (Fsp3) is 0.350. The van der Waals surface area contributed by atoms with Gasteiger partial charge in [-0.05, 0) is 30.2 Å². The van der Waals surface area contributed by atoms with E-state index in [2.05, 4.69) is 5.32 Å². The van der Waals surface area contributed by atoms with Gasteiger partial charge in [-0.1, -0.05) is 30.0 Å². The van der Waals surface area contributed by atoms with Crippen LogP contribution in [0.3, 0.4) is 0 Å². The average Bonchev–Trinajstić information content (AvgIpc) is 2.70. The van der Waals surface area contributed by atoms with Gasteiger partial charge in [0.2, 0.25) is 0 Å². The molecule has 27 heavy (non-hydrogen) atoms. The van der Waals surface area contributed by atoms with Crippen molar-refractivity contribution in [2.75, 3.05) is 19.6 Å². The first-order valence-electron chi connectivity index (χ1n) is 9.26. The van der Waals surface area contributed by atoms with Crippen LogP contribution in [0, 0.1) is 16.0 Å². The summed E-state index contributed by atoms with van der Waals surface area (Å²) in [4.78, 5) is 26.8. The molecule has 0 aliphatic carbocycles. The van der Waals surface area contributed by atoms with Gasteiger partial charge in [-0.25, -0.2) is 0 Å². The van der Waals surface area contributed by atoms with E-state index in [9.17, 15) is 14.9 Å². The number of quaternary nitrogens is 1. The van der Waals surface area contributed by atoms with Crippen molar-refractivity contribution in [2.24, 2.45) is 5.92 Å². The van der Waals surface area contributed by atoms with Crippen molar-refractivity contribution < 1.29 is 14.6 Å². The van der Waals surface area contributed by atoms with Gasteiger partial charge in [0.25, 0.3) is 11.6 Å². The lowest BCUT2D eigenvalue weighted by molar-refractivity contribution is -0.917. The standard InChI is InChI=1S/C20H21N3O3S/c24-20(21-17-13-22-10-8-14(17)9-11-22)15-6-7-19(18(12-15)23(25)26)27-16-4-2-1-3-5-16/h1-7,12,14,17H,8-11,13H2,(H,21,24)/p+1/t17-/m0/s1. The van der Waals surface area contributed by atoms with Crippen LogP contribution in [0.2, 0.25) is 0 Å². The number of amides is 1. The quantitative estimate of drug-likeness (QED) is 0.612. The predicted molar refractivity (Wildman–Crippen MR) is 103 cm³/mol. The highest BCUT2D eigenvalue weighted by atomic mass is 32.2. The normalized spacial score (nSPS) is 23.8. The summed E-state index contributed by atoms with van der Waals surface area (Å²) in [6, 6.07) is 14.4. The molecule has 0 radical (unpaired) electrons. The van der Waals surface area contributed by atoms with E-state index in [-0.39, 0.29) is 17.6 Å². The molecule has 3 aliphatic rings. The Morgan fingerprint density at radius 3 is 2.52 bits per heavy atom. The molecule has 2 aromatic rings. The van der Waals surface area contributed by atoms with E-state index >= 15 is 0 Å². The molecular weight excluding hydrogens is 362 g/mol. The fourth-order valence-electron chi connectivity index (χ4n) is 4.06. The van der Waals surface area contributed by atoms with Crippen molar-refractivity contribution in [1.82, 2.24) is 5.32 Å². The molecule has 2 N–H and O–H groups in total. The summed E-state index contributed by atoms with van der Waals surface area (Å²) < 4.78 is 0. The van der Waals surface area contributed by atoms with Crippen LogP contribution in [-0.4, -0.2) is 36.5 Å². The van der Waals surface area contributed by atoms with Crippen LogP contribution in [0.15, 0.2) is 58.3 Å². The van der Waals surface area contributed by atoms with Crippen LogP contribution in [0.5, 0.6) is 0 Å².